The van der Waals surface area contributed by atoms with Crippen molar-refractivity contribution in [3.05, 3.63) is 28.7 Å². The Hall–Kier alpha value is -0.690. The van der Waals surface area contributed by atoms with Gasteiger partial charge in [0.1, 0.15) is 4.21 Å². The monoisotopic (exact) mass is 300 g/mol. The van der Waals surface area contributed by atoms with Crippen LogP contribution in [0.3, 0.4) is 0 Å². The molecule has 4 nitrogen and oxygen atoms in total. The molecule has 1 aliphatic rings. The van der Waals surface area contributed by atoms with Gasteiger partial charge in [-0.05, 0) is 44.2 Å². The van der Waals surface area contributed by atoms with Crippen molar-refractivity contribution in [3.63, 3.8) is 0 Å². The second-order valence-electron chi connectivity index (χ2n) is 4.68. The normalized spacial score (nSPS) is 16.4. The molecule has 19 heavy (non-hydrogen) atoms. The van der Waals surface area contributed by atoms with Gasteiger partial charge in [0.25, 0.3) is 0 Å². The molecule has 0 spiro atoms. The Morgan fingerprint density at radius 1 is 1.32 bits per heavy atom. The molecule has 0 aromatic carbocycles. The Morgan fingerprint density at radius 2 is 2.16 bits per heavy atom. The first-order valence-corrected chi connectivity index (χ1v) is 8.88. The van der Waals surface area contributed by atoms with E-state index in [1.807, 2.05) is 0 Å². The first-order valence-electron chi connectivity index (χ1n) is 6.58. The van der Waals surface area contributed by atoms with Crippen molar-refractivity contribution in [1.82, 2.24) is 4.72 Å². The van der Waals surface area contributed by atoms with Gasteiger partial charge in [-0.2, -0.15) is 0 Å². The zero-order valence-corrected chi connectivity index (χ0v) is 12.5. The summed E-state index contributed by atoms with van der Waals surface area (Å²) in [5.41, 5.74) is 6.87. The maximum Gasteiger partial charge on any atom is 0.250 e. The van der Waals surface area contributed by atoms with Crippen molar-refractivity contribution < 1.29 is 8.42 Å². The molecule has 6 heteroatoms. The van der Waals surface area contributed by atoms with Crippen LogP contribution in [-0.4, -0.2) is 15.0 Å². The molecule has 3 N–H and O–H groups in total. The van der Waals surface area contributed by atoms with Gasteiger partial charge < -0.3 is 5.73 Å². The number of rotatable bonds is 6. The summed E-state index contributed by atoms with van der Waals surface area (Å²) in [4.78, 5) is 0.885. The molecular weight excluding hydrogens is 280 g/mol. The van der Waals surface area contributed by atoms with E-state index >= 15 is 0 Å². The molecule has 0 fully saturated rings. The average molecular weight is 300 g/mol. The average Bonchev–Trinajstić information content (AvgIpc) is 2.89. The Kier molecular flexibility index (Phi) is 5.15. The molecular formula is C13H20N2O2S2. The van der Waals surface area contributed by atoms with Crippen LogP contribution in [0.15, 0.2) is 28.0 Å². The quantitative estimate of drug-likeness (QED) is 0.792. The number of sulfonamides is 1. The molecule has 1 aromatic rings. The molecule has 1 aromatic heterocycles. The molecule has 2 rings (SSSR count). The van der Waals surface area contributed by atoms with Crippen molar-refractivity contribution in [2.45, 2.75) is 42.9 Å². The minimum atomic E-state index is -3.36. The third-order valence-corrected chi connectivity index (χ3v) is 6.29. The number of nitrogens with two attached hydrogens (primary N) is 1. The van der Waals surface area contributed by atoms with Crippen LogP contribution < -0.4 is 10.5 Å². The van der Waals surface area contributed by atoms with Gasteiger partial charge in [-0.25, -0.2) is 13.1 Å². The summed E-state index contributed by atoms with van der Waals surface area (Å²) in [6, 6.07) is 3.39. The van der Waals surface area contributed by atoms with Gasteiger partial charge in [0.15, 0.2) is 0 Å². The van der Waals surface area contributed by atoms with Crippen LogP contribution in [-0.2, 0) is 16.6 Å². The molecule has 0 radical (unpaired) electrons. The van der Waals surface area contributed by atoms with Crippen molar-refractivity contribution in [1.29, 1.82) is 0 Å². The zero-order valence-electron chi connectivity index (χ0n) is 10.9. The number of hydrogen-bond donors (Lipinski definition) is 2. The molecule has 0 atom stereocenters. The van der Waals surface area contributed by atoms with E-state index < -0.39 is 10.0 Å². The topological polar surface area (TPSA) is 72.2 Å². The van der Waals surface area contributed by atoms with E-state index in [1.54, 1.807) is 12.1 Å². The van der Waals surface area contributed by atoms with Crippen LogP contribution >= 0.6 is 11.3 Å². The molecule has 1 aliphatic carbocycles. The largest absolute Gasteiger partial charge is 0.326 e. The highest BCUT2D eigenvalue weighted by Gasteiger charge is 2.16. The molecule has 0 amide bonds. The fourth-order valence-corrected chi connectivity index (χ4v) is 4.47. The fraction of sp³-hybridized carbons (Fsp3) is 0.538. The van der Waals surface area contributed by atoms with Gasteiger partial charge >= 0.3 is 0 Å². The predicted octanol–water partition coefficient (Wildman–Crippen LogP) is 2.38. The van der Waals surface area contributed by atoms with E-state index in [0.717, 1.165) is 24.1 Å². The third kappa shape index (κ3) is 4.14. The lowest BCUT2D eigenvalue weighted by Gasteiger charge is -2.12. The maximum absolute atomic E-state index is 12.0. The van der Waals surface area contributed by atoms with E-state index in [-0.39, 0.29) is 0 Å². The minimum absolute atomic E-state index is 0.352. The lowest BCUT2D eigenvalue weighted by atomic mass is 9.97. The molecule has 0 bridgehead atoms. The summed E-state index contributed by atoms with van der Waals surface area (Å²) in [6.07, 6.45) is 7.78. The maximum atomic E-state index is 12.0. The van der Waals surface area contributed by atoms with Crippen molar-refractivity contribution in [2.75, 3.05) is 6.54 Å². The Balaban J connectivity index is 1.88. The van der Waals surface area contributed by atoms with Crippen LogP contribution in [0.4, 0.5) is 0 Å². The van der Waals surface area contributed by atoms with Gasteiger partial charge in [0.05, 0.1) is 0 Å². The van der Waals surface area contributed by atoms with Gasteiger partial charge in [-0.3, -0.25) is 0 Å². The van der Waals surface area contributed by atoms with Gasteiger partial charge in [-0.15, -0.1) is 11.3 Å². The van der Waals surface area contributed by atoms with Crippen molar-refractivity contribution in [3.8, 4) is 0 Å². The molecule has 106 valence electrons. The SMILES string of the molecule is NCc1ccc(S(=O)(=O)NCCC2=CCCCC2)s1. The number of allylic oxidation sites excluding steroid dienone is 1. The Morgan fingerprint density at radius 3 is 2.79 bits per heavy atom. The van der Waals surface area contributed by atoms with E-state index in [2.05, 4.69) is 10.8 Å². The fourth-order valence-electron chi connectivity index (χ4n) is 2.16. The van der Waals surface area contributed by atoms with Gasteiger partial charge in [0.2, 0.25) is 10.0 Å². The van der Waals surface area contributed by atoms with E-state index in [0.29, 0.717) is 17.3 Å². The van der Waals surface area contributed by atoms with Crippen LogP contribution in [0.25, 0.3) is 0 Å². The van der Waals surface area contributed by atoms with Gasteiger partial charge in [0, 0.05) is 18.0 Å². The van der Waals surface area contributed by atoms with E-state index in [1.165, 1.54) is 29.8 Å². The highest BCUT2D eigenvalue weighted by Crippen LogP contribution is 2.22. The standard InChI is InChI=1S/C13H20N2O2S2/c14-10-12-6-7-13(18-12)19(16,17)15-9-8-11-4-2-1-3-5-11/h4,6-7,15H,1-3,5,8-10,14H2. The number of thiophene rings is 1. The highest BCUT2D eigenvalue weighted by atomic mass is 32.2. The Bertz CT molecular complexity index is 547. The summed E-state index contributed by atoms with van der Waals surface area (Å²) >= 11 is 1.24. The molecule has 1 heterocycles. The van der Waals surface area contributed by atoms with Crippen LogP contribution in [0, 0.1) is 0 Å². The molecule has 0 saturated carbocycles. The van der Waals surface area contributed by atoms with E-state index in [4.69, 9.17) is 5.73 Å². The lowest BCUT2D eigenvalue weighted by Crippen LogP contribution is -2.24. The summed E-state index contributed by atoms with van der Waals surface area (Å²) in [5.74, 6) is 0. The van der Waals surface area contributed by atoms with E-state index in [9.17, 15) is 8.42 Å². The second kappa shape index (κ2) is 6.65. The second-order valence-corrected chi connectivity index (χ2v) is 7.84. The lowest BCUT2D eigenvalue weighted by molar-refractivity contribution is 0.581. The predicted molar refractivity (Wildman–Crippen MR) is 78.6 cm³/mol. The van der Waals surface area contributed by atoms with Crippen LogP contribution in [0.5, 0.6) is 0 Å². The van der Waals surface area contributed by atoms with Crippen LogP contribution in [0.1, 0.15) is 37.0 Å². The zero-order chi connectivity index (χ0) is 13.7. The smallest absolute Gasteiger partial charge is 0.250 e. The third-order valence-electron chi connectivity index (χ3n) is 3.23. The molecule has 0 saturated heterocycles. The summed E-state index contributed by atoms with van der Waals surface area (Å²) in [5, 5.41) is 0. The first kappa shape index (κ1) is 14.7. The van der Waals surface area contributed by atoms with Crippen molar-refractivity contribution in [2.24, 2.45) is 5.73 Å². The highest BCUT2D eigenvalue weighted by molar-refractivity contribution is 7.91. The number of nitrogens with one attached hydrogen (secondary N) is 1. The summed E-state index contributed by atoms with van der Waals surface area (Å²) in [7, 11) is -3.36. The molecule has 0 aliphatic heterocycles. The van der Waals surface area contributed by atoms with Crippen LogP contribution in [0.2, 0.25) is 0 Å². The van der Waals surface area contributed by atoms with Crippen molar-refractivity contribution >= 4 is 21.4 Å². The molecule has 0 unspecified atom stereocenters. The number of hydrogen-bond acceptors (Lipinski definition) is 4. The minimum Gasteiger partial charge on any atom is -0.326 e. The summed E-state index contributed by atoms with van der Waals surface area (Å²) in [6.45, 7) is 0.858. The Labute approximate surface area is 118 Å². The summed E-state index contributed by atoms with van der Waals surface area (Å²) < 4.78 is 27.1. The van der Waals surface area contributed by atoms with Gasteiger partial charge in [-0.1, -0.05) is 11.6 Å². The first-order chi connectivity index (χ1) is 9.12.